The third kappa shape index (κ3) is 2.99. The minimum atomic E-state index is -3.67. The summed E-state index contributed by atoms with van der Waals surface area (Å²) >= 11 is 0. The van der Waals surface area contributed by atoms with Gasteiger partial charge in [-0.25, -0.2) is 17.6 Å². The van der Waals surface area contributed by atoms with Crippen LogP contribution in [0.5, 0.6) is 0 Å². The molecule has 0 fully saturated rings. The number of ether oxygens (including phenoxy) is 2. The quantitative estimate of drug-likeness (QED) is 0.872. The molecule has 1 heterocycles. The van der Waals surface area contributed by atoms with Gasteiger partial charge in [0.15, 0.2) is 0 Å². The Morgan fingerprint density at radius 3 is 2.45 bits per heavy atom. The van der Waals surface area contributed by atoms with Gasteiger partial charge in [-0.2, -0.15) is 0 Å². The molecule has 108 valence electrons. The second kappa shape index (κ2) is 5.00. The maximum atomic E-state index is 13.6. The van der Waals surface area contributed by atoms with E-state index in [0.29, 0.717) is 0 Å². The molecule has 1 aliphatic heterocycles. The van der Waals surface area contributed by atoms with E-state index in [4.69, 9.17) is 14.6 Å². The molecule has 0 saturated heterocycles. The first kappa shape index (κ1) is 14.1. The monoisotopic (exact) mass is 303 g/mol. The average Bonchev–Trinajstić information content (AvgIpc) is 2.79. The summed E-state index contributed by atoms with van der Waals surface area (Å²) in [7, 11) is -3.67. The molecule has 0 aliphatic carbocycles. The van der Waals surface area contributed by atoms with Gasteiger partial charge in [-0.3, -0.25) is 4.72 Å². The molecule has 0 unspecified atom stereocenters. The molecule has 0 aromatic heterocycles. The van der Waals surface area contributed by atoms with E-state index >= 15 is 0 Å². The second-order valence-corrected chi connectivity index (χ2v) is 5.72. The van der Waals surface area contributed by atoms with E-state index in [0.717, 1.165) is 18.4 Å². The van der Waals surface area contributed by atoms with Crippen LogP contribution in [-0.2, 0) is 19.5 Å². The molecule has 0 radical (unpaired) electrons. The topological polar surface area (TPSA) is 102 Å². The number of benzene rings is 1. The van der Waals surface area contributed by atoms with E-state index in [2.05, 4.69) is 4.72 Å². The number of aromatic carboxylic acids is 1. The van der Waals surface area contributed by atoms with Gasteiger partial charge in [-0.1, -0.05) is 0 Å². The highest BCUT2D eigenvalue weighted by Gasteiger charge is 2.25. The zero-order valence-corrected chi connectivity index (χ0v) is 11.0. The number of hydrogen-bond acceptors (Lipinski definition) is 5. The SMILES string of the molecule is CS(=O)(=O)Nc1cc(F)c(C(=O)O)cc1C1OC=CO1. The molecule has 0 spiro atoms. The van der Waals surface area contributed by atoms with E-state index in [9.17, 15) is 17.6 Å². The van der Waals surface area contributed by atoms with Crippen LogP contribution >= 0.6 is 0 Å². The van der Waals surface area contributed by atoms with Crippen molar-refractivity contribution in [2.75, 3.05) is 11.0 Å². The molecule has 9 heteroatoms. The number of carboxylic acid groups (broad SMARTS) is 1. The number of hydrogen-bond donors (Lipinski definition) is 2. The Labute approximate surface area is 113 Å². The standard InChI is InChI=1S/C11H10FNO6S/c1-20(16,17)13-9-5-8(12)6(10(14)15)4-7(9)11-18-2-3-19-11/h2-5,11,13H,1H3,(H,14,15). The van der Waals surface area contributed by atoms with Crippen molar-refractivity contribution in [2.45, 2.75) is 6.29 Å². The van der Waals surface area contributed by atoms with Gasteiger partial charge in [-0.15, -0.1) is 0 Å². The lowest BCUT2D eigenvalue weighted by Gasteiger charge is -2.16. The van der Waals surface area contributed by atoms with Crippen LogP contribution in [0, 0.1) is 5.82 Å². The fraction of sp³-hybridized carbons (Fsp3) is 0.182. The number of halogens is 1. The van der Waals surface area contributed by atoms with E-state index in [-0.39, 0.29) is 11.3 Å². The molecule has 1 aliphatic rings. The van der Waals surface area contributed by atoms with Crippen molar-refractivity contribution < 1.29 is 32.2 Å². The molecule has 0 amide bonds. The molecule has 2 rings (SSSR count). The van der Waals surface area contributed by atoms with Gasteiger partial charge >= 0.3 is 5.97 Å². The lowest BCUT2D eigenvalue weighted by Crippen LogP contribution is -2.15. The van der Waals surface area contributed by atoms with Crippen molar-refractivity contribution in [2.24, 2.45) is 0 Å². The first-order chi connectivity index (χ1) is 9.28. The largest absolute Gasteiger partial charge is 0.478 e. The highest BCUT2D eigenvalue weighted by molar-refractivity contribution is 7.92. The number of carbonyl (C=O) groups is 1. The number of rotatable bonds is 4. The minimum Gasteiger partial charge on any atom is -0.478 e. The normalized spacial score (nSPS) is 14.7. The molecular weight excluding hydrogens is 293 g/mol. The Kier molecular flexibility index (Phi) is 3.53. The lowest BCUT2D eigenvalue weighted by atomic mass is 10.1. The van der Waals surface area contributed by atoms with Crippen molar-refractivity contribution in [3.05, 3.63) is 41.6 Å². The first-order valence-electron chi connectivity index (χ1n) is 5.28. The lowest BCUT2D eigenvalue weighted by molar-refractivity contribution is -0.0240. The van der Waals surface area contributed by atoms with Crippen molar-refractivity contribution in [1.82, 2.24) is 0 Å². The zero-order valence-electron chi connectivity index (χ0n) is 10.2. The summed E-state index contributed by atoms with van der Waals surface area (Å²) in [4.78, 5) is 10.9. The number of carboxylic acids is 1. The third-order valence-electron chi connectivity index (χ3n) is 2.38. The van der Waals surface area contributed by atoms with Gasteiger partial charge in [-0.05, 0) is 12.1 Å². The van der Waals surface area contributed by atoms with Crippen molar-refractivity contribution in [3.8, 4) is 0 Å². The summed E-state index contributed by atoms with van der Waals surface area (Å²) in [5, 5.41) is 8.88. The second-order valence-electron chi connectivity index (χ2n) is 3.97. The first-order valence-corrected chi connectivity index (χ1v) is 7.17. The fourth-order valence-electron chi connectivity index (χ4n) is 1.62. The van der Waals surface area contributed by atoms with Crippen LogP contribution in [0.4, 0.5) is 10.1 Å². The molecule has 0 bridgehead atoms. The Bertz CT molecular complexity index is 676. The van der Waals surface area contributed by atoms with Crippen LogP contribution in [0.15, 0.2) is 24.7 Å². The molecule has 1 aromatic rings. The third-order valence-corrected chi connectivity index (χ3v) is 2.97. The molecule has 7 nitrogen and oxygen atoms in total. The van der Waals surface area contributed by atoms with E-state index in [1.807, 2.05) is 0 Å². The number of sulfonamides is 1. The Morgan fingerprint density at radius 2 is 1.95 bits per heavy atom. The van der Waals surface area contributed by atoms with Gasteiger partial charge in [0, 0.05) is 0 Å². The molecule has 1 aromatic carbocycles. The minimum absolute atomic E-state index is 0.0548. The smallest absolute Gasteiger partial charge is 0.338 e. The van der Waals surface area contributed by atoms with Crippen LogP contribution in [0.1, 0.15) is 22.2 Å². The summed E-state index contributed by atoms with van der Waals surface area (Å²) in [6, 6.07) is 1.73. The van der Waals surface area contributed by atoms with Crippen LogP contribution in [0.2, 0.25) is 0 Å². The maximum Gasteiger partial charge on any atom is 0.338 e. The van der Waals surface area contributed by atoms with Gasteiger partial charge in [0.2, 0.25) is 10.0 Å². The number of anilines is 1. The predicted molar refractivity (Wildman–Crippen MR) is 65.9 cm³/mol. The molecule has 2 N–H and O–H groups in total. The van der Waals surface area contributed by atoms with E-state index in [1.54, 1.807) is 0 Å². The van der Waals surface area contributed by atoms with Crippen LogP contribution in [-0.4, -0.2) is 25.7 Å². The van der Waals surface area contributed by atoms with Gasteiger partial charge in [0.1, 0.15) is 18.3 Å². The van der Waals surface area contributed by atoms with E-state index in [1.165, 1.54) is 12.5 Å². The Hall–Kier alpha value is -2.29. The van der Waals surface area contributed by atoms with Gasteiger partial charge in [0.25, 0.3) is 6.29 Å². The zero-order chi connectivity index (χ0) is 14.9. The Morgan fingerprint density at radius 1 is 1.35 bits per heavy atom. The average molecular weight is 303 g/mol. The fourth-order valence-corrected chi connectivity index (χ4v) is 2.20. The highest BCUT2D eigenvalue weighted by atomic mass is 32.2. The Balaban J connectivity index is 2.53. The van der Waals surface area contributed by atoms with Crippen LogP contribution in [0.3, 0.4) is 0 Å². The molecule has 0 saturated carbocycles. The predicted octanol–water partition coefficient (Wildman–Crippen LogP) is 1.41. The van der Waals surface area contributed by atoms with Crippen molar-refractivity contribution in [3.63, 3.8) is 0 Å². The van der Waals surface area contributed by atoms with E-state index < -0.39 is 33.7 Å². The van der Waals surface area contributed by atoms with Crippen LogP contribution < -0.4 is 4.72 Å². The summed E-state index contributed by atoms with van der Waals surface area (Å²) < 4.78 is 48.2. The molecule has 0 atom stereocenters. The van der Waals surface area contributed by atoms with Gasteiger partial charge in [0.05, 0.1) is 23.1 Å². The molecular formula is C11H10FNO6S. The van der Waals surface area contributed by atoms with Gasteiger partial charge < -0.3 is 14.6 Å². The maximum absolute atomic E-state index is 13.6. The summed E-state index contributed by atoms with van der Waals surface area (Å²) in [5.41, 5.74) is -0.707. The summed E-state index contributed by atoms with van der Waals surface area (Å²) in [6.07, 6.45) is 2.25. The van der Waals surface area contributed by atoms with Crippen molar-refractivity contribution in [1.29, 1.82) is 0 Å². The number of nitrogens with one attached hydrogen (secondary N) is 1. The van der Waals surface area contributed by atoms with Crippen molar-refractivity contribution >= 4 is 21.7 Å². The molecule has 20 heavy (non-hydrogen) atoms. The summed E-state index contributed by atoms with van der Waals surface area (Å²) in [6.45, 7) is 0. The summed E-state index contributed by atoms with van der Waals surface area (Å²) in [5.74, 6) is -2.56. The highest BCUT2D eigenvalue weighted by Crippen LogP contribution is 2.32. The van der Waals surface area contributed by atoms with Crippen LogP contribution in [0.25, 0.3) is 0 Å².